The van der Waals surface area contributed by atoms with Crippen LogP contribution in [-0.2, 0) is 9.63 Å². The van der Waals surface area contributed by atoms with Crippen molar-refractivity contribution in [3.8, 4) is 0 Å². The first-order valence-electron chi connectivity index (χ1n) is 6.39. The standard InChI is InChI=1S/C13H16N3O4/c1-14-7-10-11(13(14)17)12(20-15(10)2)8-3-5-9(6-4-8)16(18)19/h3-6,10-12,18H,7H2,1-2H3/q-1. The van der Waals surface area contributed by atoms with Gasteiger partial charge < -0.3 is 15.3 Å². The van der Waals surface area contributed by atoms with Gasteiger partial charge in [-0.3, -0.25) is 14.8 Å². The molecule has 0 spiro atoms. The average Bonchev–Trinajstić information content (AvgIpc) is 2.90. The fourth-order valence-corrected chi connectivity index (χ4v) is 2.96. The summed E-state index contributed by atoms with van der Waals surface area (Å²) < 4.78 is 0. The van der Waals surface area contributed by atoms with E-state index in [-0.39, 0.29) is 34.9 Å². The molecule has 2 heterocycles. The molecule has 7 heteroatoms. The largest absolute Gasteiger partial charge is 0.733 e. The summed E-state index contributed by atoms with van der Waals surface area (Å²) in [5.74, 6) is -0.158. The molecule has 0 radical (unpaired) electrons. The summed E-state index contributed by atoms with van der Waals surface area (Å²) in [4.78, 5) is 19.7. The molecule has 2 fully saturated rings. The van der Waals surface area contributed by atoms with Crippen LogP contribution in [0.15, 0.2) is 24.3 Å². The summed E-state index contributed by atoms with van der Waals surface area (Å²) in [5.41, 5.74) is 0.963. The van der Waals surface area contributed by atoms with Crippen LogP contribution in [0.5, 0.6) is 0 Å². The Labute approximate surface area is 116 Å². The van der Waals surface area contributed by atoms with Crippen LogP contribution in [0.1, 0.15) is 11.7 Å². The Kier molecular flexibility index (Phi) is 3.14. The second-order valence-electron chi connectivity index (χ2n) is 5.25. The fraction of sp³-hybridized carbons (Fsp3) is 0.462. The molecule has 1 N–H and O–H groups in total. The molecule has 2 aliphatic heterocycles. The van der Waals surface area contributed by atoms with E-state index in [1.54, 1.807) is 29.1 Å². The summed E-state index contributed by atoms with van der Waals surface area (Å²) in [5, 5.41) is 21.1. The lowest BCUT2D eigenvalue weighted by atomic mass is 9.92. The highest BCUT2D eigenvalue weighted by Crippen LogP contribution is 2.42. The van der Waals surface area contributed by atoms with Gasteiger partial charge >= 0.3 is 0 Å². The van der Waals surface area contributed by atoms with Gasteiger partial charge in [0.25, 0.3) is 0 Å². The number of likely N-dealkylation sites (tertiary alicyclic amines) is 1. The van der Waals surface area contributed by atoms with E-state index >= 15 is 0 Å². The number of likely N-dealkylation sites (N-methyl/N-ethyl adjacent to an activating group) is 2. The zero-order chi connectivity index (χ0) is 14.4. The number of hydrogen-bond donors (Lipinski definition) is 1. The maximum absolute atomic E-state index is 12.2. The van der Waals surface area contributed by atoms with Gasteiger partial charge in [-0.1, -0.05) is 12.1 Å². The van der Waals surface area contributed by atoms with Gasteiger partial charge in [-0.15, -0.1) is 0 Å². The van der Waals surface area contributed by atoms with Gasteiger partial charge in [-0.2, -0.15) is 5.06 Å². The van der Waals surface area contributed by atoms with Crippen LogP contribution in [-0.4, -0.2) is 47.8 Å². The number of fused-ring (bicyclic) bond motifs is 1. The highest BCUT2D eigenvalue weighted by Gasteiger charge is 2.52. The Balaban J connectivity index is 1.88. The number of rotatable bonds is 2. The van der Waals surface area contributed by atoms with E-state index in [2.05, 4.69) is 0 Å². The number of benzene rings is 1. The molecule has 1 aromatic carbocycles. The Hall–Kier alpha value is -1.67. The van der Waals surface area contributed by atoms with Crippen LogP contribution in [0.3, 0.4) is 0 Å². The lowest BCUT2D eigenvalue weighted by Gasteiger charge is -2.23. The first-order valence-corrected chi connectivity index (χ1v) is 6.39. The van der Waals surface area contributed by atoms with Crippen LogP contribution in [0.4, 0.5) is 5.69 Å². The Morgan fingerprint density at radius 3 is 2.60 bits per heavy atom. The molecule has 3 atom stereocenters. The predicted molar refractivity (Wildman–Crippen MR) is 70.6 cm³/mol. The quantitative estimate of drug-likeness (QED) is 0.804. The van der Waals surface area contributed by atoms with Crippen LogP contribution >= 0.6 is 0 Å². The molecule has 0 aromatic heterocycles. The Bertz CT molecular complexity index is 519. The molecule has 7 nitrogen and oxygen atoms in total. The molecule has 3 rings (SSSR count). The second-order valence-corrected chi connectivity index (χ2v) is 5.25. The molecule has 1 amide bonds. The van der Waals surface area contributed by atoms with E-state index in [0.717, 1.165) is 5.56 Å². The highest BCUT2D eigenvalue weighted by atomic mass is 16.8. The SMILES string of the molecule is CN1CC2C(C1=O)C(c1ccc(N([O-])O)cc1)ON2C. The minimum Gasteiger partial charge on any atom is -0.733 e. The monoisotopic (exact) mass is 278 g/mol. The van der Waals surface area contributed by atoms with Gasteiger partial charge in [-0.25, -0.2) is 0 Å². The van der Waals surface area contributed by atoms with Crippen molar-refractivity contribution in [2.45, 2.75) is 12.1 Å². The van der Waals surface area contributed by atoms with E-state index < -0.39 is 0 Å². The fourth-order valence-electron chi connectivity index (χ4n) is 2.96. The topological polar surface area (TPSA) is 79.3 Å². The third kappa shape index (κ3) is 1.95. The lowest BCUT2D eigenvalue weighted by molar-refractivity contribution is -0.156. The Morgan fingerprint density at radius 2 is 2.00 bits per heavy atom. The van der Waals surface area contributed by atoms with Crippen molar-refractivity contribution in [1.29, 1.82) is 0 Å². The summed E-state index contributed by atoms with van der Waals surface area (Å²) >= 11 is 0. The number of anilines is 1. The van der Waals surface area contributed by atoms with E-state index in [0.29, 0.717) is 6.54 Å². The van der Waals surface area contributed by atoms with Crippen molar-refractivity contribution in [1.82, 2.24) is 9.96 Å². The molecule has 1 aromatic rings. The number of nitrogens with zero attached hydrogens (tertiary/aromatic N) is 3. The van der Waals surface area contributed by atoms with E-state index in [1.807, 2.05) is 7.05 Å². The molecular formula is C13H16N3O4-. The summed E-state index contributed by atoms with van der Waals surface area (Å²) in [6.07, 6.45) is -0.352. The van der Waals surface area contributed by atoms with Crippen molar-refractivity contribution in [2.75, 3.05) is 25.9 Å². The molecule has 2 aliphatic rings. The van der Waals surface area contributed by atoms with Gasteiger partial charge in [0.05, 0.1) is 17.6 Å². The van der Waals surface area contributed by atoms with Crippen LogP contribution in [0.25, 0.3) is 0 Å². The number of hydroxylamine groups is 2. The minimum absolute atomic E-state index is 0.0472. The average molecular weight is 278 g/mol. The molecule has 2 saturated heterocycles. The maximum Gasteiger partial charge on any atom is 0.230 e. The molecule has 108 valence electrons. The lowest BCUT2D eigenvalue weighted by Crippen LogP contribution is -2.30. The first kappa shape index (κ1) is 13.3. The first-order chi connectivity index (χ1) is 9.49. The Morgan fingerprint density at radius 1 is 1.35 bits per heavy atom. The van der Waals surface area contributed by atoms with Crippen molar-refractivity contribution >= 4 is 11.6 Å². The summed E-state index contributed by atoms with van der Waals surface area (Å²) in [6.45, 7) is 0.652. The zero-order valence-corrected chi connectivity index (χ0v) is 11.3. The van der Waals surface area contributed by atoms with E-state index in [1.165, 1.54) is 12.1 Å². The number of hydrogen-bond acceptors (Lipinski definition) is 6. The smallest absolute Gasteiger partial charge is 0.230 e. The van der Waals surface area contributed by atoms with Crippen LogP contribution in [0, 0.1) is 11.1 Å². The third-order valence-corrected chi connectivity index (χ3v) is 4.05. The predicted octanol–water partition coefficient (Wildman–Crippen LogP) is 0.755. The summed E-state index contributed by atoms with van der Waals surface area (Å²) in [6, 6.07) is 6.45. The molecule has 3 unspecified atom stereocenters. The molecule has 0 aliphatic carbocycles. The number of carbonyl (C=O) groups excluding carboxylic acids is 1. The highest BCUT2D eigenvalue weighted by molar-refractivity contribution is 5.83. The van der Waals surface area contributed by atoms with Crippen LogP contribution in [0.2, 0.25) is 0 Å². The van der Waals surface area contributed by atoms with Crippen LogP contribution < -0.4 is 5.23 Å². The molecule has 0 saturated carbocycles. The van der Waals surface area contributed by atoms with Gasteiger partial charge in [0, 0.05) is 20.6 Å². The third-order valence-electron chi connectivity index (χ3n) is 4.05. The molecular weight excluding hydrogens is 262 g/mol. The normalized spacial score (nSPS) is 29.9. The van der Waals surface area contributed by atoms with E-state index in [4.69, 9.17) is 10.0 Å². The van der Waals surface area contributed by atoms with Crippen molar-refractivity contribution < 1.29 is 14.8 Å². The number of amides is 1. The van der Waals surface area contributed by atoms with E-state index in [9.17, 15) is 10.0 Å². The van der Waals surface area contributed by atoms with Gasteiger partial charge in [0.1, 0.15) is 6.10 Å². The minimum atomic E-state index is -0.352. The van der Waals surface area contributed by atoms with Gasteiger partial charge in [-0.05, 0) is 17.7 Å². The summed E-state index contributed by atoms with van der Waals surface area (Å²) in [7, 11) is 3.61. The molecule has 0 bridgehead atoms. The van der Waals surface area contributed by atoms with Crippen molar-refractivity contribution in [3.63, 3.8) is 0 Å². The van der Waals surface area contributed by atoms with Gasteiger partial charge in [0.15, 0.2) is 0 Å². The van der Waals surface area contributed by atoms with Crippen molar-refractivity contribution in [3.05, 3.63) is 35.0 Å². The van der Waals surface area contributed by atoms with Crippen molar-refractivity contribution in [2.24, 2.45) is 5.92 Å². The zero-order valence-electron chi connectivity index (χ0n) is 11.3. The number of carbonyl (C=O) groups is 1. The van der Waals surface area contributed by atoms with Gasteiger partial charge in [0.2, 0.25) is 5.91 Å². The maximum atomic E-state index is 12.2. The molecule has 20 heavy (non-hydrogen) atoms. The second kappa shape index (κ2) is 4.71.